The van der Waals surface area contributed by atoms with Crippen molar-refractivity contribution in [3.05, 3.63) is 29.8 Å². The molecule has 22 heavy (non-hydrogen) atoms. The lowest BCUT2D eigenvalue weighted by Gasteiger charge is -2.23. The number of nitrogens with one attached hydrogen (secondary N) is 1. The van der Waals surface area contributed by atoms with Gasteiger partial charge in [0.2, 0.25) is 0 Å². The van der Waals surface area contributed by atoms with E-state index in [1.807, 2.05) is 11.8 Å². The van der Waals surface area contributed by atoms with E-state index in [1.165, 1.54) is 29.3 Å². The highest BCUT2D eigenvalue weighted by Gasteiger charge is 2.25. The molecule has 2 aliphatic heterocycles. The molecule has 3 rings (SSSR count). The smallest absolute Gasteiger partial charge is 0.302 e. The van der Waals surface area contributed by atoms with E-state index in [0.29, 0.717) is 0 Å². The van der Waals surface area contributed by atoms with E-state index >= 15 is 0 Å². The predicted octanol–water partition coefficient (Wildman–Crippen LogP) is 2.00. The van der Waals surface area contributed by atoms with Crippen molar-refractivity contribution in [1.29, 1.82) is 0 Å². The average Bonchev–Trinajstić information content (AvgIpc) is 2.95. The van der Waals surface area contributed by atoms with Crippen molar-refractivity contribution in [2.75, 3.05) is 43.5 Å². The molecule has 1 aromatic carbocycles. The zero-order valence-electron chi connectivity index (χ0n) is 13.5. The molecule has 0 amide bonds. The summed E-state index contributed by atoms with van der Waals surface area (Å²) < 4.78 is 4.96. The number of hydrogen-bond donors (Lipinski definition) is 1. The van der Waals surface area contributed by atoms with Gasteiger partial charge >= 0.3 is 5.96 Å². The SMILES string of the molecule is Cc1ccc(NC(=[N+]=C2CCCN2C)N2CCSCC2)cc1. The highest BCUT2D eigenvalue weighted by Crippen LogP contribution is 2.13. The Balaban J connectivity index is 1.88. The number of rotatable bonds is 1. The second kappa shape index (κ2) is 7.12. The van der Waals surface area contributed by atoms with Gasteiger partial charge in [-0.05, 0) is 25.5 Å². The first-order valence-corrected chi connectivity index (χ1v) is 9.20. The Kier molecular flexibility index (Phi) is 4.96. The minimum absolute atomic E-state index is 1.01. The van der Waals surface area contributed by atoms with Gasteiger partial charge < -0.3 is 4.90 Å². The van der Waals surface area contributed by atoms with E-state index in [1.54, 1.807) is 0 Å². The third-order valence-corrected chi connectivity index (χ3v) is 5.13. The van der Waals surface area contributed by atoms with Crippen LogP contribution in [0.2, 0.25) is 0 Å². The fraction of sp³-hybridized carbons (Fsp3) is 0.529. The summed E-state index contributed by atoms with van der Waals surface area (Å²) in [5.41, 5.74) is 2.40. The Hall–Kier alpha value is -1.58. The predicted molar refractivity (Wildman–Crippen MR) is 97.7 cm³/mol. The second-order valence-electron chi connectivity index (χ2n) is 5.97. The topological polar surface area (TPSA) is 32.6 Å². The van der Waals surface area contributed by atoms with Crippen molar-refractivity contribution in [3.63, 3.8) is 0 Å². The van der Waals surface area contributed by atoms with Gasteiger partial charge in [0.15, 0.2) is 0 Å². The van der Waals surface area contributed by atoms with Crippen LogP contribution in [-0.4, -0.2) is 59.8 Å². The molecular weight excluding hydrogens is 292 g/mol. The number of benzene rings is 1. The first-order chi connectivity index (χ1) is 10.7. The summed E-state index contributed by atoms with van der Waals surface area (Å²) in [7, 11) is 2.14. The molecule has 2 heterocycles. The van der Waals surface area contributed by atoms with Gasteiger partial charge in [-0.3, -0.25) is 10.2 Å². The Morgan fingerprint density at radius 3 is 2.50 bits per heavy atom. The molecule has 0 aromatic heterocycles. The maximum Gasteiger partial charge on any atom is 0.401 e. The molecule has 1 N–H and O–H groups in total. The van der Waals surface area contributed by atoms with Crippen molar-refractivity contribution in [3.8, 4) is 0 Å². The molecule has 0 spiro atoms. The lowest BCUT2D eigenvalue weighted by molar-refractivity contribution is 0.460. The first kappa shape index (κ1) is 15.3. The van der Waals surface area contributed by atoms with Gasteiger partial charge in [-0.1, -0.05) is 17.7 Å². The highest BCUT2D eigenvalue weighted by atomic mass is 32.2. The summed E-state index contributed by atoms with van der Waals surface area (Å²) >= 11 is 2.03. The quantitative estimate of drug-likeness (QED) is 0.488. The van der Waals surface area contributed by atoms with E-state index in [2.05, 4.69) is 53.4 Å². The number of nitrogens with zero attached hydrogens (tertiary/aromatic N) is 3. The van der Waals surface area contributed by atoms with Crippen LogP contribution < -0.4 is 9.98 Å². The molecule has 0 saturated carbocycles. The minimum atomic E-state index is 1.01. The van der Waals surface area contributed by atoms with Crippen molar-refractivity contribution < 1.29 is 0 Å². The summed E-state index contributed by atoms with van der Waals surface area (Å²) in [5.74, 6) is 4.57. The maximum absolute atomic E-state index is 4.96. The van der Waals surface area contributed by atoms with Crippen LogP contribution in [0, 0.1) is 6.92 Å². The number of hydrogen-bond acceptors (Lipinski definition) is 1. The van der Waals surface area contributed by atoms with Crippen LogP contribution in [0.1, 0.15) is 18.4 Å². The molecule has 118 valence electrons. The largest absolute Gasteiger partial charge is 0.401 e. The van der Waals surface area contributed by atoms with Gasteiger partial charge in [-0.2, -0.15) is 11.8 Å². The van der Waals surface area contributed by atoms with E-state index in [4.69, 9.17) is 4.67 Å². The zero-order valence-corrected chi connectivity index (χ0v) is 14.3. The molecule has 1 aromatic rings. The van der Waals surface area contributed by atoms with Crippen LogP contribution >= 0.6 is 11.8 Å². The molecule has 4 nitrogen and oxygen atoms in total. The zero-order chi connectivity index (χ0) is 15.4. The van der Waals surface area contributed by atoms with Crippen molar-refractivity contribution >= 4 is 29.2 Å². The van der Waals surface area contributed by atoms with Gasteiger partial charge in [0.05, 0.1) is 25.3 Å². The van der Waals surface area contributed by atoms with Gasteiger partial charge in [-0.25, -0.2) is 4.67 Å². The first-order valence-electron chi connectivity index (χ1n) is 8.04. The Labute approximate surface area is 137 Å². The highest BCUT2D eigenvalue weighted by molar-refractivity contribution is 7.99. The van der Waals surface area contributed by atoms with Crippen molar-refractivity contribution in [2.45, 2.75) is 19.8 Å². The van der Waals surface area contributed by atoms with E-state index in [-0.39, 0.29) is 0 Å². The molecule has 5 heteroatoms. The van der Waals surface area contributed by atoms with Crippen molar-refractivity contribution in [2.24, 2.45) is 0 Å². The van der Waals surface area contributed by atoms with Gasteiger partial charge in [0.1, 0.15) is 0 Å². The van der Waals surface area contributed by atoms with Crippen LogP contribution in [0.25, 0.3) is 0 Å². The number of likely N-dealkylation sites (tertiary alicyclic amines) is 1. The third kappa shape index (κ3) is 3.79. The number of anilines is 1. The van der Waals surface area contributed by atoms with Crippen LogP contribution in [-0.2, 0) is 0 Å². The van der Waals surface area contributed by atoms with Crippen LogP contribution in [0.15, 0.2) is 24.3 Å². The molecule has 0 bridgehead atoms. The summed E-state index contributed by atoms with van der Waals surface area (Å²) in [6.07, 6.45) is 2.29. The molecular formula is C17H25N4S+. The Morgan fingerprint density at radius 1 is 1.14 bits per heavy atom. The summed E-state index contributed by atoms with van der Waals surface area (Å²) in [4.78, 5) is 4.66. The monoisotopic (exact) mass is 317 g/mol. The molecule has 0 radical (unpaired) electrons. The minimum Gasteiger partial charge on any atom is -0.302 e. The summed E-state index contributed by atoms with van der Waals surface area (Å²) in [6.45, 7) is 5.37. The molecule has 0 atom stereocenters. The van der Waals surface area contributed by atoms with Crippen LogP contribution in [0.5, 0.6) is 0 Å². The average molecular weight is 317 g/mol. The van der Waals surface area contributed by atoms with Crippen LogP contribution in [0.4, 0.5) is 5.69 Å². The molecule has 2 aliphatic rings. The molecule has 0 aliphatic carbocycles. The fourth-order valence-electron chi connectivity index (χ4n) is 2.78. The van der Waals surface area contributed by atoms with Crippen LogP contribution in [0.3, 0.4) is 0 Å². The molecule has 0 unspecified atom stereocenters. The summed E-state index contributed by atoms with van der Waals surface area (Å²) in [6, 6.07) is 8.54. The standard InChI is InChI=1S/C17H24N4S/c1-14-5-7-15(8-6-14)18-17(21-10-12-22-13-11-21)19-16-4-3-9-20(16)2/h5-8H,3-4,9-13H2,1-2H3/p+1. The second-order valence-corrected chi connectivity index (χ2v) is 7.19. The van der Waals surface area contributed by atoms with Gasteiger partial charge in [-0.15, -0.1) is 0 Å². The number of amidine groups is 1. The number of aryl methyl sites for hydroxylation is 1. The van der Waals surface area contributed by atoms with E-state index < -0.39 is 0 Å². The van der Waals surface area contributed by atoms with Gasteiger partial charge in [0.25, 0.3) is 5.84 Å². The molecule has 2 fully saturated rings. The number of guanidine groups is 1. The van der Waals surface area contributed by atoms with Crippen molar-refractivity contribution in [1.82, 2.24) is 14.5 Å². The normalized spacial score (nSPS) is 18.4. The Morgan fingerprint density at radius 2 is 1.86 bits per heavy atom. The van der Waals surface area contributed by atoms with Gasteiger partial charge in [0, 0.05) is 25.0 Å². The Bertz CT molecular complexity index is 569. The lowest BCUT2D eigenvalue weighted by atomic mass is 10.2. The molecule has 2 saturated heterocycles. The maximum atomic E-state index is 4.96. The lowest BCUT2D eigenvalue weighted by Crippen LogP contribution is -2.44. The van der Waals surface area contributed by atoms with E-state index in [9.17, 15) is 0 Å². The number of thioether (sulfide) groups is 1. The summed E-state index contributed by atoms with van der Waals surface area (Å²) in [5, 5.41) is 3.54. The van der Waals surface area contributed by atoms with E-state index in [0.717, 1.165) is 37.7 Å². The third-order valence-electron chi connectivity index (χ3n) is 4.19. The fourth-order valence-corrected chi connectivity index (χ4v) is 3.68.